The number of ether oxygens (including phenoxy) is 2. The zero-order valence-corrected chi connectivity index (χ0v) is 13.9. The lowest BCUT2D eigenvalue weighted by Crippen LogP contribution is -2.01. The number of methoxy groups -OCH3 is 2. The second kappa shape index (κ2) is 7.36. The van der Waals surface area contributed by atoms with Crippen molar-refractivity contribution in [1.29, 1.82) is 0 Å². The van der Waals surface area contributed by atoms with Crippen molar-refractivity contribution in [2.45, 2.75) is 31.6 Å². The molecule has 1 aliphatic carbocycles. The standard InChI is InChI=1S/C21H24O2/c1-22-19-14-8-13-18(21(19)17-11-6-7-12-17)15-20(23-2)16-9-4-3-5-10-16/h3-5,8-10,13-15,17H,6-7,11-12H2,1-2H3. The minimum Gasteiger partial charge on any atom is -0.496 e. The minimum absolute atomic E-state index is 0.589. The average Bonchev–Trinajstić information content (AvgIpc) is 3.14. The summed E-state index contributed by atoms with van der Waals surface area (Å²) in [6.07, 6.45) is 7.25. The second-order valence-corrected chi connectivity index (χ2v) is 6.02. The molecule has 0 aliphatic heterocycles. The van der Waals surface area contributed by atoms with Gasteiger partial charge in [0.25, 0.3) is 0 Å². The highest BCUT2D eigenvalue weighted by atomic mass is 16.5. The van der Waals surface area contributed by atoms with Crippen molar-refractivity contribution in [2.24, 2.45) is 0 Å². The van der Waals surface area contributed by atoms with Gasteiger partial charge in [-0.15, -0.1) is 0 Å². The van der Waals surface area contributed by atoms with E-state index in [1.807, 2.05) is 18.2 Å². The average molecular weight is 308 g/mol. The van der Waals surface area contributed by atoms with Crippen molar-refractivity contribution < 1.29 is 9.47 Å². The Morgan fingerprint density at radius 3 is 2.35 bits per heavy atom. The van der Waals surface area contributed by atoms with Crippen molar-refractivity contribution in [2.75, 3.05) is 14.2 Å². The molecule has 0 N–H and O–H groups in total. The van der Waals surface area contributed by atoms with E-state index in [1.165, 1.54) is 36.8 Å². The summed E-state index contributed by atoms with van der Waals surface area (Å²) < 4.78 is 11.3. The van der Waals surface area contributed by atoms with Crippen LogP contribution in [0.5, 0.6) is 5.75 Å². The molecule has 1 saturated carbocycles. The van der Waals surface area contributed by atoms with E-state index in [9.17, 15) is 0 Å². The summed E-state index contributed by atoms with van der Waals surface area (Å²) in [6.45, 7) is 0. The Hall–Kier alpha value is -2.22. The highest BCUT2D eigenvalue weighted by Gasteiger charge is 2.23. The summed E-state index contributed by atoms with van der Waals surface area (Å²) in [7, 11) is 3.49. The largest absolute Gasteiger partial charge is 0.496 e. The zero-order valence-electron chi connectivity index (χ0n) is 13.9. The van der Waals surface area contributed by atoms with Crippen LogP contribution in [0.1, 0.15) is 48.3 Å². The van der Waals surface area contributed by atoms with E-state index in [1.54, 1.807) is 14.2 Å². The topological polar surface area (TPSA) is 18.5 Å². The molecule has 0 unspecified atom stereocenters. The Morgan fingerprint density at radius 1 is 0.957 bits per heavy atom. The molecule has 0 saturated heterocycles. The highest BCUT2D eigenvalue weighted by Crippen LogP contribution is 2.41. The lowest BCUT2D eigenvalue weighted by molar-refractivity contribution is 0.372. The van der Waals surface area contributed by atoms with Gasteiger partial charge in [0.05, 0.1) is 14.2 Å². The van der Waals surface area contributed by atoms with Gasteiger partial charge in [-0.05, 0) is 36.5 Å². The van der Waals surface area contributed by atoms with Crippen LogP contribution < -0.4 is 4.74 Å². The fourth-order valence-electron chi connectivity index (χ4n) is 3.52. The Bertz CT molecular complexity index is 667. The SMILES string of the molecule is COC(=Cc1cccc(OC)c1C1CCCC1)c1ccccc1. The van der Waals surface area contributed by atoms with Crippen LogP contribution in [0, 0.1) is 0 Å². The molecule has 1 fully saturated rings. The van der Waals surface area contributed by atoms with Gasteiger partial charge < -0.3 is 9.47 Å². The summed E-state index contributed by atoms with van der Waals surface area (Å²) in [5, 5.41) is 0. The van der Waals surface area contributed by atoms with Crippen LogP contribution in [0.4, 0.5) is 0 Å². The van der Waals surface area contributed by atoms with E-state index in [0.717, 1.165) is 17.1 Å². The summed E-state index contributed by atoms with van der Waals surface area (Å²) in [4.78, 5) is 0. The second-order valence-electron chi connectivity index (χ2n) is 6.02. The van der Waals surface area contributed by atoms with Crippen LogP contribution in [-0.2, 0) is 4.74 Å². The van der Waals surface area contributed by atoms with E-state index in [4.69, 9.17) is 9.47 Å². The Kier molecular flexibility index (Phi) is 5.02. The summed E-state index contributed by atoms with van der Waals surface area (Å²) in [6, 6.07) is 16.5. The van der Waals surface area contributed by atoms with E-state index in [0.29, 0.717) is 5.92 Å². The summed E-state index contributed by atoms with van der Waals surface area (Å²) >= 11 is 0. The van der Waals surface area contributed by atoms with Crippen LogP contribution in [0.15, 0.2) is 48.5 Å². The fraction of sp³-hybridized carbons (Fsp3) is 0.333. The molecule has 3 rings (SSSR count). The Balaban J connectivity index is 2.06. The van der Waals surface area contributed by atoms with Crippen LogP contribution >= 0.6 is 0 Å². The number of hydrogen-bond donors (Lipinski definition) is 0. The van der Waals surface area contributed by atoms with Gasteiger partial charge in [-0.1, -0.05) is 55.3 Å². The summed E-state index contributed by atoms with van der Waals surface area (Å²) in [5.41, 5.74) is 3.63. The number of hydrogen-bond acceptors (Lipinski definition) is 2. The van der Waals surface area contributed by atoms with Gasteiger partial charge in [-0.25, -0.2) is 0 Å². The minimum atomic E-state index is 0.589. The predicted octanol–water partition coefficient (Wildman–Crippen LogP) is 5.50. The van der Waals surface area contributed by atoms with Gasteiger partial charge in [0, 0.05) is 11.1 Å². The molecule has 0 bridgehead atoms. The molecule has 2 nitrogen and oxygen atoms in total. The lowest BCUT2D eigenvalue weighted by Gasteiger charge is -2.18. The van der Waals surface area contributed by atoms with Gasteiger partial charge in [0.2, 0.25) is 0 Å². The molecular weight excluding hydrogens is 284 g/mol. The van der Waals surface area contributed by atoms with Crippen molar-refractivity contribution >= 4 is 11.8 Å². The van der Waals surface area contributed by atoms with E-state index in [-0.39, 0.29) is 0 Å². The maximum absolute atomic E-state index is 5.65. The first-order chi connectivity index (χ1) is 11.3. The first-order valence-corrected chi connectivity index (χ1v) is 8.31. The zero-order chi connectivity index (χ0) is 16.1. The van der Waals surface area contributed by atoms with Crippen molar-refractivity contribution in [1.82, 2.24) is 0 Å². The third-order valence-corrected chi connectivity index (χ3v) is 4.65. The van der Waals surface area contributed by atoms with Gasteiger partial charge in [0.1, 0.15) is 11.5 Å². The van der Waals surface area contributed by atoms with Crippen LogP contribution in [0.3, 0.4) is 0 Å². The molecule has 1 aliphatic rings. The molecule has 120 valence electrons. The lowest BCUT2D eigenvalue weighted by atomic mass is 9.91. The first kappa shape index (κ1) is 15.7. The molecule has 0 radical (unpaired) electrons. The van der Waals surface area contributed by atoms with Crippen LogP contribution in [0.2, 0.25) is 0 Å². The highest BCUT2D eigenvalue weighted by molar-refractivity contribution is 5.79. The molecule has 2 aromatic carbocycles. The van der Waals surface area contributed by atoms with E-state index < -0.39 is 0 Å². The van der Waals surface area contributed by atoms with Gasteiger partial charge in [0.15, 0.2) is 0 Å². The van der Waals surface area contributed by atoms with Crippen molar-refractivity contribution in [3.63, 3.8) is 0 Å². The van der Waals surface area contributed by atoms with Crippen LogP contribution in [-0.4, -0.2) is 14.2 Å². The maximum Gasteiger partial charge on any atom is 0.126 e. The van der Waals surface area contributed by atoms with Gasteiger partial charge in [-0.3, -0.25) is 0 Å². The van der Waals surface area contributed by atoms with Crippen molar-refractivity contribution in [3.8, 4) is 5.75 Å². The summed E-state index contributed by atoms with van der Waals surface area (Å²) in [5.74, 6) is 2.47. The molecular formula is C21H24O2. The Morgan fingerprint density at radius 2 is 1.70 bits per heavy atom. The third kappa shape index (κ3) is 3.42. The molecule has 2 heteroatoms. The van der Waals surface area contributed by atoms with Gasteiger partial charge in [-0.2, -0.15) is 0 Å². The maximum atomic E-state index is 5.65. The Labute approximate surface area is 138 Å². The fourth-order valence-corrected chi connectivity index (χ4v) is 3.52. The molecule has 2 aromatic rings. The smallest absolute Gasteiger partial charge is 0.126 e. The monoisotopic (exact) mass is 308 g/mol. The molecule has 23 heavy (non-hydrogen) atoms. The number of rotatable bonds is 5. The van der Waals surface area contributed by atoms with Crippen LogP contribution in [0.25, 0.3) is 11.8 Å². The molecule has 0 heterocycles. The van der Waals surface area contributed by atoms with Crippen molar-refractivity contribution in [3.05, 3.63) is 65.2 Å². The third-order valence-electron chi connectivity index (χ3n) is 4.65. The van der Waals surface area contributed by atoms with Gasteiger partial charge >= 0.3 is 0 Å². The number of benzene rings is 2. The van der Waals surface area contributed by atoms with E-state index >= 15 is 0 Å². The van der Waals surface area contributed by atoms with E-state index in [2.05, 4.69) is 36.4 Å². The quantitative estimate of drug-likeness (QED) is 0.536. The molecule has 0 aromatic heterocycles. The predicted molar refractivity (Wildman–Crippen MR) is 95.5 cm³/mol. The molecule has 0 spiro atoms. The normalized spacial score (nSPS) is 15.7. The first-order valence-electron chi connectivity index (χ1n) is 8.31. The molecule has 0 atom stereocenters. The molecule has 0 amide bonds.